The first-order chi connectivity index (χ1) is 15.8. The highest BCUT2D eigenvalue weighted by molar-refractivity contribution is 5.80. The summed E-state index contributed by atoms with van der Waals surface area (Å²) in [7, 11) is 0. The predicted octanol–water partition coefficient (Wildman–Crippen LogP) is 5.02. The van der Waals surface area contributed by atoms with Gasteiger partial charge in [0.2, 0.25) is 11.5 Å². The van der Waals surface area contributed by atoms with Crippen molar-refractivity contribution in [3.63, 3.8) is 0 Å². The van der Waals surface area contributed by atoms with E-state index in [1.165, 1.54) is 5.56 Å². The molecule has 1 N–H and O–H groups in total. The van der Waals surface area contributed by atoms with Gasteiger partial charge in [0.15, 0.2) is 6.33 Å². The fourth-order valence-corrected chi connectivity index (χ4v) is 4.63. The molecule has 0 atom stereocenters. The third-order valence-corrected chi connectivity index (χ3v) is 6.19. The molecule has 0 aliphatic carbocycles. The van der Waals surface area contributed by atoms with Gasteiger partial charge in [-0.25, -0.2) is 9.55 Å². The van der Waals surface area contributed by atoms with Gasteiger partial charge >= 0.3 is 0 Å². The highest BCUT2D eigenvalue weighted by Crippen LogP contribution is 2.28. The maximum atomic E-state index is 10.1. The van der Waals surface area contributed by atoms with E-state index in [1.54, 1.807) is 0 Å². The maximum absolute atomic E-state index is 10.1. The summed E-state index contributed by atoms with van der Waals surface area (Å²) in [6.07, 6.45) is 2.60. The molecule has 3 aromatic heterocycles. The van der Waals surface area contributed by atoms with E-state index in [1.807, 2.05) is 55.7 Å². The van der Waals surface area contributed by atoms with Crippen LogP contribution in [0.2, 0.25) is 0 Å². The summed E-state index contributed by atoms with van der Waals surface area (Å²) in [6, 6.07) is 29.2. The zero-order chi connectivity index (χ0) is 21.7. The minimum atomic E-state index is 0.667. The van der Waals surface area contributed by atoms with Crippen molar-refractivity contribution in [1.82, 2.24) is 14.5 Å². The molecule has 0 fully saturated rings. The van der Waals surface area contributed by atoms with Crippen LogP contribution in [0.3, 0.4) is 0 Å². The number of pyridine rings is 1. The minimum Gasteiger partial charge on any atom is -0.269 e. The Kier molecular flexibility index (Phi) is 4.05. The first kappa shape index (κ1) is 18.3. The van der Waals surface area contributed by atoms with Gasteiger partial charge in [-0.15, -0.1) is 0 Å². The van der Waals surface area contributed by atoms with Crippen LogP contribution in [0.15, 0.2) is 85.2 Å². The van der Waals surface area contributed by atoms with Gasteiger partial charge in [-0.3, -0.25) is 4.98 Å². The molecular formula is C27H20N5+. The van der Waals surface area contributed by atoms with Crippen molar-refractivity contribution in [2.24, 2.45) is 0 Å². The van der Waals surface area contributed by atoms with Gasteiger partial charge in [0, 0.05) is 12.0 Å². The van der Waals surface area contributed by atoms with Gasteiger partial charge in [-0.2, -0.15) is 9.66 Å². The molecule has 0 saturated carbocycles. The van der Waals surface area contributed by atoms with Crippen LogP contribution >= 0.6 is 0 Å². The van der Waals surface area contributed by atoms with Crippen molar-refractivity contribution in [2.75, 3.05) is 0 Å². The third kappa shape index (κ3) is 2.63. The van der Waals surface area contributed by atoms with E-state index in [9.17, 15) is 5.26 Å². The van der Waals surface area contributed by atoms with Crippen LogP contribution in [0.1, 0.15) is 22.3 Å². The van der Waals surface area contributed by atoms with Gasteiger partial charge in [0.25, 0.3) is 0 Å². The molecule has 5 heteroatoms. The molecule has 6 rings (SSSR count). The van der Waals surface area contributed by atoms with E-state index in [-0.39, 0.29) is 0 Å². The Bertz CT molecular complexity index is 1670. The fourth-order valence-electron chi connectivity index (χ4n) is 4.63. The number of aromatic nitrogens is 4. The second kappa shape index (κ2) is 7.07. The third-order valence-electron chi connectivity index (χ3n) is 6.19. The van der Waals surface area contributed by atoms with E-state index < -0.39 is 0 Å². The van der Waals surface area contributed by atoms with Gasteiger partial charge in [0.1, 0.15) is 33.7 Å². The molecule has 5 nitrogen and oxygen atoms in total. The zero-order valence-electron chi connectivity index (χ0n) is 17.6. The van der Waals surface area contributed by atoms with Crippen LogP contribution in [-0.2, 0) is 6.42 Å². The van der Waals surface area contributed by atoms with Crippen LogP contribution in [-0.4, -0.2) is 14.5 Å². The molecule has 0 unspecified atom stereocenters. The molecule has 3 heterocycles. The molecule has 32 heavy (non-hydrogen) atoms. The first-order valence-corrected chi connectivity index (χ1v) is 10.6. The average molecular weight is 414 g/mol. The van der Waals surface area contributed by atoms with Gasteiger partial charge in [-0.1, -0.05) is 54.6 Å². The van der Waals surface area contributed by atoms with Crippen LogP contribution in [0, 0.1) is 18.3 Å². The number of nitrogens with zero attached hydrogens (tertiary/aromatic N) is 4. The van der Waals surface area contributed by atoms with Gasteiger partial charge in [0.05, 0.1) is 0 Å². The van der Waals surface area contributed by atoms with Crippen molar-refractivity contribution in [3.8, 4) is 11.9 Å². The first-order valence-electron chi connectivity index (χ1n) is 10.6. The average Bonchev–Trinajstić information content (AvgIpc) is 3.42. The number of hydrogen-bond donors (Lipinski definition) is 1. The Morgan fingerprint density at radius 1 is 0.969 bits per heavy atom. The number of nitriles is 1. The molecular weight excluding hydrogens is 394 g/mol. The Morgan fingerprint density at radius 3 is 2.56 bits per heavy atom. The minimum absolute atomic E-state index is 0.667. The van der Waals surface area contributed by atoms with E-state index in [4.69, 9.17) is 0 Å². The number of fused-ring (bicyclic) bond motifs is 4. The Hall–Kier alpha value is -4.43. The van der Waals surface area contributed by atoms with Crippen molar-refractivity contribution >= 4 is 27.7 Å². The molecule has 6 aromatic rings. The second-order valence-corrected chi connectivity index (χ2v) is 8.01. The number of aromatic amines is 1. The summed E-state index contributed by atoms with van der Waals surface area (Å²) in [6.45, 7) is 2.05. The van der Waals surface area contributed by atoms with Crippen LogP contribution in [0.4, 0.5) is 0 Å². The summed E-state index contributed by atoms with van der Waals surface area (Å²) in [5.74, 6) is 1.01. The Balaban J connectivity index is 1.81. The van der Waals surface area contributed by atoms with E-state index >= 15 is 0 Å². The number of rotatable bonds is 3. The van der Waals surface area contributed by atoms with Gasteiger partial charge < -0.3 is 0 Å². The number of benzene rings is 3. The largest absolute Gasteiger partial charge is 0.269 e. The number of hydrogen-bond acceptors (Lipinski definition) is 2. The topological polar surface area (TPSA) is 61.5 Å². The summed E-state index contributed by atoms with van der Waals surface area (Å²) < 4.78 is 4.32. The molecule has 0 aliphatic heterocycles. The molecule has 0 saturated heterocycles. The van der Waals surface area contributed by atoms with Crippen LogP contribution in [0.25, 0.3) is 33.5 Å². The van der Waals surface area contributed by atoms with Crippen molar-refractivity contribution in [2.45, 2.75) is 13.3 Å². The Morgan fingerprint density at radius 2 is 1.72 bits per heavy atom. The molecule has 0 aliphatic rings. The summed E-state index contributed by atoms with van der Waals surface area (Å²) in [5, 5.41) is 10.1. The number of H-pyrrole nitrogens is 1. The van der Waals surface area contributed by atoms with E-state index in [0.29, 0.717) is 12.0 Å². The van der Waals surface area contributed by atoms with Crippen molar-refractivity contribution < 1.29 is 4.40 Å². The molecule has 152 valence electrons. The number of imidazole rings is 2. The molecule has 0 radical (unpaired) electrons. The van der Waals surface area contributed by atoms with Crippen LogP contribution < -0.4 is 4.40 Å². The molecule has 0 amide bonds. The monoisotopic (exact) mass is 414 g/mol. The smallest absolute Gasteiger partial charge is 0.250 e. The zero-order valence-corrected chi connectivity index (χ0v) is 17.6. The molecule has 0 spiro atoms. The van der Waals surface area contributed by atoms with Crippen LogP contribution in [0.5, 0.6) is 0 Å². The quantitative estimate of drug-likeness (QED) is 0.414. The van der Waals surface area contributed by atoms with E-state index in [0.717, 1.165) is 44.7 Å². The predicted molar refractivity (Wildman–Crippen MR) is 125 cm³/mol. The highest BCUT2D eigenvalue weighted by atomic mass is 15.2. The summed E-state index contributed by atoms with van der Waals surface area (Å²) in [5.41, 5.74) is 8.75. The second-order valence-electron chi connectivity index (χ2n) is 8.01. The maximum Gasteiger partial charge on any atom is 0.250 e. The number of nitrogens with one attached hydrogen (secondary N) is 1. The lowest BCUT2D eigenvalue weighted by Crippen LogP contribution is -2.31. The lowest BCUT2D eigenvalue weighted by molar-refractivity contribution is -0.476. The summed E-state index contributed by atoms with van der Waals surface area (Å²) in [4.78, 5) is 8.15. The van der Waals surface area contributed by atoms with Crippen molar-refractivity contribution in [3.05, 3.63) is 107 Å². The molecule has 0 bridgehead atoms. The Labute approximate surface area is 184 Å². The van der Waals surface area contributed by atoms with Crippen molar-refractivity contribution in [1.29, 1.82) is 5.26 Å². The lowest BCUT2D eigenvalue weighted by atomic mass is 9.97. The SMILES string of the molecule is Cc1c(Cc2ccccc2)c(-n2cnc3ccccc32)[n+]2c([nH]c3ccccc32)c1C#N. The normalized spacial score (nSPS) is 11.4. The lowest BCUT2D eigenvalue weighted by Gasteiger charge is -2.14. The molecule has 3 aromatic carbocycles. The fraction of sp³-hybridized carbons (Fsp3) is 0.0741. The number of para-hydroxylation sites is 4. The standard InChI is InChI=1S/C27H19N5/c1-18-20(15-19-9-3-2-4-10-19)27(31-17-29-22-11-5-7-13-24(22)31)32-25-14-8-6-12-23(25)30-26(32)21(18)16-28/h2-14,17H,15H2,1H3/p+1. The van der Waals surface area contributed by atoms with Gasteiger partial charge in [-0.05, 0) is 42.3 Å². The summed E-state index contributed by atoms with van der Waals surface area (Å²) >= 11 is 0. The highest BCUT2D eigenvalue weighted by Gasteiger charge is 2.28. The van der Waals surface area contributed by atoms with E-state index in [2.05, 4.69) is 61.4 Å².